The van der Waals surface area contributed by atoms with E-state index in [1.165, 1.54) is 12.1 Å². The number of fused-ring (bicyclic) bond motifs is 1. The van der Waals surface area contributed by atoms with E-state index < -0.39 is 6.29 Å². The van der Waals surface area contributed by atoms with E-state index in [0.717, 1.165) is 5.76 Å². The second kappa shape index (κ2) is 4.15. The minimum Gasteiger partial charge on any atom is -0.467 e. The number of benzene rings is 1. The van der Waals surface area contributed by atoms with E-state index >= 15 is 0 Å². The molecule has 1 N–H and O–H groups in total. The lowest BCUT2D eigenvalue weighted by molar-refractivity contribution is -0.286. The van der Waals surface area contributed by atoms with Crippen LogP contribution in [0.1, 0.15) is 18.7 Å². The minimum absolute atomic E-state index is 0.0154. The summed E-state index contributed by atoms with van der Waals surface area (Å²) in [6.45, 7) is 1.90. The molecule has 1 aliphatic heterocycles. The SMILES string of the molecule is CC(Nc1ccc2c(c1)OC(F)(F)O2)c1ccco1. The average Bonchev–Trinajstić information content (AvgIpc) is 2.93. The molecule has 0 amide bonds. The molecule has 0 saturated carbocycles. The summed E-state index contributed by atoms with van der Waals surface area (Å²) in [5.74, 6) is 0.797. The van der Waals surface area contributed by atoms with Crippen LogP contribution in [0.4, 0.5) is 14.5 Å². The first-order chi connectivity index (χ1) is 9.03. The quantitative estimate of drug-likeness (QED) is 0.919. The first-order valence-corrected chi connectivity index (χ1v) is 5.73. The highest BCUT2D eigenvalue weighted by Gasteiger charge is 2.43. The topological polar surface area (TPSA) is 43.6 Å². The molecule has 2 heterocycles. The van der Waals surface area contributed by atoms with E-state index in [1.54, 1.807) is 18.4 Å². The molecule has 1 unspecified atom stereocenters. The van der Waals surface area contributed by atoms with Crippen LogP contribution in [0.15, 0.2) is 41.0 Å². The van der Waals surface area contributed by atoms with Gasteiger partial charge in [-0.2, -0.15) is 0 Å². The smallest absolute Gasteiger partial charge is 0.467 e. The summed E-state index contributed by atoms with van der Waals surface area (Å²) < 4.78 is 39.7. The summed E-state index contributed by atoms with van der Waals surface area (Å²) in [7, 11) is 0. The minimum atomic E-state index is -3.59. The fraction of sp³-hybridized carbons (Fsp3) is 0.231. The van der Waals surface area contributed by atoms with Gasteiger partial charge in [-0.1, -0.05) is 0 Å². The summed E-state index contributed by atoms with van der Waals surface area (Å²) in [4.78, 5) is 0. The summed E-state index contributed by atoms with van der Waals surface area (Å²) in [6, 6.07) is 8.08. The van der Waals surface area contributed by atoms with E-state index in [9.17, 15) is 8.78 Å². The molecule has 1 aromatic heterocycles. The Balaban J connectivity index is 1.77. The van der Waals surface area contributed by atoms with Crippen molar-refractivity contribution in [3.05, 3.63) is 42.4 Å². The van der Waals surface area contributed by atoms with E-state index in [1.807, 2.05) is 13.0 Å². The van der Waals surface area contributed by atoms with Crippen LogP contribution in [0.5, 0.6) is 11.5 Å². The first kappa shape index (κ1) is 11.8. The standard InChI is InChI=1S/C13H11F2NO3/c1-8(10-3-2-6-17-10)16-9-4-5-11-12(7-9)19-13(14,15)18-11/h2-8,16H,1H3. The lowest BCUT2D eigenvalue weighted by Gasteiger charge is -2.13. The molecule has 4 nitrogen and oxygen atoms in total. The van der Waals surface area contributed by atoms with Crippen molar-refractivity contribution < 1.29 is 22.7 Å². The number of ether oxygens (including phenoxy) is 2. The molecule has 1 aromatic carbocycles. The van der Waals surface area contributed by atoms with Crippen molar-refractivity contribution in [3.8, 4) is 11.5 Å². The maximum Gasteiger partial charge on any atom is 0.586 e. The van der Waals surface area contributed by atoms with Gasteiger partial charge in [-0.25, -0.2) is 0 Å². The zero-order valence-corrected chi connectivity index (χ0v) is 10.0. The number of hydrogen-bond acceptors (Lipinski definition) is 4. The van der Waals surface area contributed by atoms with Gasteiger partial charge < -0.3 is 19.2 Å². The molecule has 0 radical (unpaired) electrons. The van der Waals surface area contributed by atoms with Crippen molar-refractivity contribution in [2.45, 2.75) is 19.3 Å². The van der Waals surface area contributed by atoms with Crippen molar-refractivity contribution in [1.82, 2.24) is 0 Å². The van der Waals surface area contributed by atoms with Gasteiger partial charge in [-0.05, 0) is 31.2 Å². The van der Waals surface area contributed by atoms with Gasteiger partial charge in [0.15, 0.2) is 11.5 Å². The third-order valence-corrected chi connectivity index (χ3v) is 2.75. The molecule has 1 aliphatic rings. The molecule has 0 spiro atoms. The molecule has 2 aromatic rings. The lowest BCUT2D eigenvalue weighted by atomic mass is 10.2. The number of halogens is 2. The van der Waals surface area contributed by atoms with Crippen LogP contribution in [-0.4, -0.2) is 6.29 Å². The number of alkyl halides is 2. The van der Waals surface area contributed by atoms with Crippen molar-refractivity contribution >= 4 is 5.69 Å². The van der Waals surface area contributed by atoms with Crippen LogP contribution in [-0.2, 0) is 0 Å². The van der Waals surface area contributed by atoms with Gasteiger partial charge in [-0.3, -0.25) is 0 Å². The summed E-state index contributed by atoms with van der Waals surface area (Å²) in [5, 5.41) is 3.13. The number of anilines is 1. The van der Waals surface area contributed by atoms with Crippen molar-refractivity contribution in [2.24, 2.45) is 0 Å². The molecular weight excluding hydrogens is 256 g/mol. The molecule has 3 rings (SSSR count). The van der Waals surface area contributed by atoms with Crippen LogP contribution in [0.2, 0.25) is 0 Å². The summed E-state index contributed by atoms with van der Waals surface area (Å²) >= 11 is 0. The molecular formula is C13H11F2NO3. The Bertz CT molecular complexity index is 584. The maximum absolute atomic E-state index is 12.9. The van der Waals surface area contributed by atoms with Crippen molar-refractivity contribution in [3.63, 3.8) is 0 Å². The lowest BCUT2D eigenvalue weighted by Crippen LogP contribution is -2.25. The molecule has 0 bridgehead atoms. The second-order valence-electron chi connectivity index (χ2n) is 4.21. The zero-order valence-electron chi connectivity index (χ0n) is 10.0. The Morgan fingerprint density at radius 1 is 1.16 bits per heavy atom. The highest BCUT2D eigenvalue weighted by molar-refractivity contribution is 5.56. The Kier molecular flexibility index (Phi) is 2.58. The Labute approximate surface area is 107 Å². The molecule has 6 heteroatoms. The number of nitrogens with one attached hydrogen (secondary N) is 1. The second-order valence-corrected chi connectivity index (χ2v) is 4.21. The van der Waals surface area contributed by atoms with Crippen LogP contribution in [0.3, 0.4) is 0 Å². The largest absolute Gasteiger partial charge is 0.586 e. The molecule has 0 fully saturated rings. The van der Waals surface area contributed by atoms with Crippen LogP contribution in [0.25, 0.3) is 0 Å². The molecule has 0 saturated heterocycles. The van der Waals surface area contributed by atoms with Gasteiger partial charge in [0.1, 0.15) is 5.76 Å². The number of hydrogen-bond donors (Lipinski definition) is 1. The molecule has 19 heavy (non-hydrogen) atoms. The van der Waals surface area contributed by atoms with Crippen molar-refractivity contribution in [2.75, 3.05) is 5.32 Å². The monoisotopic (exact) mass is 267 g/mol. The maximum atomic E-state index is 12.9. The fourth-order valence-corrected chi connectivity index (χ4v) is 1.90. The normalized spacial score (nSPS) is 17.2. The third-order valence-electron chi connectivity index (χ3n) is 2.75. The van der Waals surface area contributed by atoms with Gasteiger partial charge >= 0.3 is 6.29 Å². The van der Waals surface area contributed by atoms with E-state index in [-0.39, 0.29) is 17.5 Å². The average molecular weight is 267 g/mol. The zero-order chi connectivity index (χ0) is 13.5. The van der Waals surface area contributed by atoms with Gasteiger partial charge in [0.2, 0.25) is 0 Å². The van der Waals surface area contributed by atoms with E-state index in [4.69, 9.17) is 4.42 Å². The van der Waals surface area contributed by atoms with Gasteiger partial charge in [-0.15, -0.1) is 8.78 Å². The van der Waals surface area contributed by atoms with Crippen LogP contribution < -0.4 is 14.8 Å². The number of rotatable bonds is 3. The molecule has 100 valence electrons. The number of furan rings is 1. The Morgan fingerprint density at radius 2 is 1.95 bits per heavy atom. The van der Waals surface area contributed by atoms with Crippen LogP contribution in [0, 0.1) is 0 Å². The summed E-state index contributed by atoms with van der Waals surface area (Å²) in [6.07, 6.45) is -2.01. The predicted octanol–water partition coefficient (Wildman–Crippen LogP) is 3.77. The Hall–Kier alpha value is -2.24. The fourth-order valence-electron chi connectivity index (χ4n) is 1.90. The highest BCUT2D eigenvalue weighted by atomic mass is 19.3. The van der Waals surface area contributed by atoms with E-state index in [2.05, 4.69) is 14.8 Å². The Morgan fingerprint density at radius 3 is 2.68 bits per heavy atom. The van der Waals surface area contributed by atoms with Crippen LogP contribution >= 0.6 is 0 Å². The van der Waals surface area contributed by atoms with Gasteiger partial charge in [0.05, 0.1) is 12.3 Å². The summed E-state index contributed by atoms with van der Waals surface area (Å²) in [5.41, 5.74) is 0.643. The van der Waals surface area contributed by atoms with Crippen molar-refractivity contribution in [1.29, 1.82) is 0 Å². The third kappa shape index (κ3) is 2.33. The van der Waals surface area contributed by atoms with E-state index in [0.29, 0.717) is 5.69 Å². The molecule has 1 atom stereocenters. The van der Waals surface area contributed by atoms with Gasteiger partial charge in [0, 0.05) is 11.8 Å². The first-order valence-electron chi connectivity index (χ1n) is 5.73. The molecule has 0 aliphatic carbocycles. The highest BCUT2D eigenvalue weighted by Crippen LogP contribution is 2.42. The predicted molar refractivity (Wildman–Crippen MR) is 63.4 cm³/mol. The van der Waals surface area contributed by atoms with Gasteiger partial charge in [0.25, 0.3) is 0 Å².